The van der Waals surface area contributed by atoms with E-state index in [9.17, 15) is 0 Å². The van der Waals surface area contributed by atoms with Crippen molar-refractivity contribution < 1.29 is 9.84 Å². The van der Waals surface area contributed by atoms with Crippen LogP contribution in [-0.2, 0) is 17.8 Å². The first-order valence-corrected chi connectivity index (χ1v) is 5.20. The molecule has 0 aliphatic heterocycles. The Balaban J connectivity index is 2.39. The van der Waals surface area contributed by atoms with E-state index >= 15 is 0 Å². The molecule has 1 aromatic rings. The van der Waals surface area contributed by atoms with Crippen LogP contribution >= 0.6 is 11.3 Å². The number of hydrogen-bond acceptors (Lipinski definition) is 4. The highest BCUT2D eigenvalue weighted by Gasteiger charge is 2.03. The molecule has 0 saturated carbocycles. The van der Waals surface area contributed by atoms with Gasteiger partial charge in [0, 0.05) is 12.5 Å². The van der Waals surface area contributed by atoms with E-state index < -0.39 is 0 Å². The predicted molar refractivity (Wildman–Crippen MR) is 52.8 cm³/mol. The lowest BCUT2D eigenvalue weighted by atomic mass is 10.2. The lowest BCUT2D eigenvalue weighted by Crippen LogP contribution is -2.01. The number of aliphatic hydroxyl groups is 1. The number of ether oxygens (including phenoxy) is 1. The third-order valence-corrected chi connectivity index (χ3v) is 2.56. The van der Waals surface area contributed by atoms with Crippen LogP contribution in [0.25, 0.3) is 0 Å². The summed E-state index contributed by atoms with van der Waals surface area (Å²) in [6.45, 7) is 2.38. The molecule has 1 unspecified atom stereocenters. The van der Waals surface area contributed by atoms with Crippen molar-refractivity contribution in [3.05, 3.63) is 16.1 Å². The Hall–Kier alpha value is -0.450. The molecule has 3 nitrogen and oxygen atoms in total. The quantitative estimate of drug-likeness (QED) is 0.787. The van der Waals surface area contributed by atoms with Crippen LogP contribution in [0, 0.1) is 0 Å². The van der Waals surface area contributed by atoms with Gasteiger partial charge in [0.25, 0.3) is 0 Å². The zero-order valence-corrected chi connectivity index (χ0v) is 8.80. The van der Waals surface area contributed by atoms with Gasteiger partial charge < -0.3 is 9.84 Å². The SMILES string of the molecule is COCc1nc(CCC(C)O)cs1. The van der Waals surface area contributed by atoms with Gasteiger partial charge in [0.15, 0.2) is 0 Å². The largest absolute Gasteiger partial charge is 0.393 e. The van der Waals surface area contributed by atoms with E-state index in [0.717, 1.165) is 23.5 Å². The highest BCUT2D eigenvalue weighted by Crippen LogP contribution is 2.12. The van der Waals surface area contributed by atoms with Crippen LogP contribution in [0.15, 0.2) is 5.38 Å². The van der Waals surface area contributed by atoms with Crippen LogP contribution in [0.5, 0.6) is 0 Å². The molecular weight excluding hydrogens is 186 g/mol. The first-order valence-electron chi connectivity index (χ1n) is 4.32. The van der Waals surface area contributed by atoms with Crippen molar-refractivity contribution in [2.75, 3.05) is 7.11 Å². The predicted octanol–water partition coefficient (Wildman–Crippen LogP) is 1.60. The molecule has 0 aliphatic rings. The monoisotopic (exact) mass is 201 g/mol. The standard InChI is InChI=1S/C9H15NO2S/c1-7(11)3-4-8-6-13-9(10-8)5-12-2/h6-7,11H,3-5H2,1-2H3. The Bertz CT molecular complexity index is 248. The third-order valence-electron chi connectivity index (χ3n) is 1.69. The molecule has 1 rings (SSSR count). The van der Waals surface area contributed by atoms with E-state index in [-0.39, 0.29) is 6.10 Å². The van der Waals surface area contributed by atoms with Crippen molar-refractivity contribution in [3.8, 4) is 0 Å². The molecule has 0 amide bonds. The summed E-state index contributed by atoms with van der Waals surface area (Å²) in [4.78, 5) is 4.35. The molecule has 4 heteroatoms. The van der Waals surface area contributed by atoms with E-state index in [2.05, 4.69) is 4.98 Å². The Morgan fingerprint density at radius 2 is 2.46 bits per heavy atom. The lowest BCUT2D eigenvalue weighted by Gasteiger charge is -1.99. The summed E-state index contributed by atoms with van der Waals surface area (Å²) in [5.41, 5.74) is 1.05. The number of aryl methyl sites for hydroxylation is 1. The molecule has 0 aromatic carbocycles. The Morgan fingerprint density at radius 1 is 1.69 bits per heavy atom. The summed E-state index contributed by atoms with van der Waals surface area (Å²) in [6.07, 6.45) is 1.38. The molecule has 0 radical (unpaired) electrons. The maximum absolute atomic E-state index is 9.07. The molecule has 0 spiro atoms. The van der Waals surface area contributed by atoms with Gasteiger partial charge in [-0.05, 0) is 19.8 Å². The molecule has 1 atom stereocenters. The van der Waals surface area contributed by atoms with E-state index in [4.69, 9.17) is 9.84 Å². The second-order valence-corrected chi connectivity index (χ2v) is 4.00. The lowest BCUT2D eigenvalue weighted by molar-refractivity contribution is 0.182. The first kappa shape index (κ1) is 10.6. The van der Waals surface area contributed by atoms with Gasteiger partial charge >= 0.3 is 0 Å². The minimum absolute atomic E-state index is 0.243. The zero-order chi connectivity index (χ0) is 9.68. The summed E-state index contributed by atoms with van der Waals surface area (Å²) < 4.78 is 4.97. The number of hydrogen-bond donors (Lipinski definition) is 1. The fraction of sp³-hybridized carbons (Fsp3) is 0.667. The minimum Gasteiger partial charge on any atom is -0.393 e. The number of aromatic nitrogens is 1. The van der Waals surface area contributed by atoms with Gasteiger partial charge in [-0.2, -0.15) is 0 Å². The van der Waals surface area contributed by atoms with Crippen LogP contribution in [0.1, 0.15) is 24.0 Å². The smallest absolute Gasteiger partial charge is 0.119 e. The highest BCUT2D eigenvalue weighted by atomic mass is 32.1. The average molecular weight is 201 g/mol. The Kier molecular flexibility index (Phi) is 4.35. The molecule has 74 valence electrons. The fourth-order valence-electron chi connectivity index (χ4n) is 1.01. The van der Waals surface area contributed by atoms with Crippen LogP contribution in [0.2, 0.25) is 0 Å². The van der Waals surface area contributed by atoms with E-state index in [0.29, 0.717) is 6.61 Å². The fourth-order valence-corrected chi connectivity index (χ4v) is 1.81. The maximum atomic E-state index is 9.07. The Labute approximate surface area is 82.4 Å². The molecule has 1 N–H and O–H groups in total. The second-order valence-electron chi connectivity index (χ2n) is 3.05. The number of thiazole rings is 1. The number of methoxy groups -OCH3 is 1. The summed E-state index contributed by atoms with van der Waals surface area (Å²) in [6, 6.07) is 0. The number of rotatable bonds is 5. The van der Waals surface area contributed by atoms with Crippen LogP contribution in [-0.4, -0.2) is 23.3 Å². The number of nitrogens with zero attached hydrogens (tertiary/aromatic N) is 1. The van der Waals surface area contributed by atoms with Gasteiger partial charge in [-0.1, -0.05) is 0 Å². The molecule has 1 aromatic heterocycles. The van der Waals surface area contributed by atoms with Crippen molar-refractivity contribution in [1.29, 1.82) is 0 Å². The topological polar surface area (TPSA) is 42.4 Å². The first-order chi connectivity index (χ1) is 6.22. The van der Waals surface area contributed by atoms with Gasteiger partial charge in [-0.15, -0.1) is 11.3 Å². The molecule has 0 saturated heterocycles. The number of aliphatic hydroxyl groups excluding tert-OH is 1. The van der Waals surface area contributed by atoms with Crippen LogP contribution in [0.4, 0.5) is 0 Å². The molecular formula is C9H15NO2S. The zero-order valence-electron chi connectivity index (χ0n) is 7.99. The van der Waals surface area contributed by atoms with Crippen LogP contribution in [0.3, 0.4) is 0 Å². The summed E-state index contributed by atoms with van der Waals surface area (Å²) in [7, 11) is 1.66. The Morgan fingerprint density at radius 3 is 3.08 bits per heavy atom. The normalized spacial score (nSPS) is 13.2. The molecule has 0 fully saturated rings. The molecule has 0 bridgehead atoms. The average Bonchev–Trinajstić information content (AvgIpc) is 2.50. The third kappa shape index (κ3) is 3.85. The highest BCUT2D eigenvalue weighted by molar-refractivity contribution is 7.09. The van der Waals surface area contributed by atoms with Gasteiger partial charge in [-0.25, -0.2) is 4.98 Å². The van der Waals surface area contributed by atoms with Crippen LogP contribution < -0.4 is 0 Å². The molecule has 0 aliphatic carbocycles. The molecule has 1 heterocycles. The van der Waals surface area contributed by atoms with Crippen molar-refractivity contribution in [1.82, 2.24) is 4.98 Å². The summed E-state index contributed by atoms with van der Waals surface area (Å²) in [5, 5.41) is 12.1. The van der Waals surface area contributed by atoms with Crippen molar-refractivity contribution in [3.63, 3.8) is 0 Å². The van der Waals surface area contributed by atoms with Gasteiger partial charge in [0.2, 0.25) is 0 Å². The van der Waals surface area contributed by atoms with Gasteiger partial charge in [-0.3, -0.25) is 0 Å². The van der Waals surface area contributed by atoms with Crippen molar-refractivity contribution >= 4 is 11.3 Å². The second kappa shape index (κ2) is 5.32. The van der Waals surface area contributed by atoms with Crippen molar-refractivity contribution in [2.45, 2.75) is 32.5 Å². The van der Waals surface area contributed by atoms with E-state index in [1.165, 1.54) is 0 Å². The van der Waals surface area contributed by atoms with E-state index in [1.54, 1.807) is 25.4 Å². The summed E-state index contributed by atoms with van der Waals surface area (Å²) >= 11 is 1.61. The van der Waals surface area contributed by atoms with Gasteiger partial charge in [0.1, 0.15) is 5.01 Å². The minimum atomic E-state index is -0.243. The van der Waals surface area contributed by atoms with E-state index in [1.807, 2.05) is 5.38 Å². The molecule has 13 heavy (non-hydrogen) atoms. The maximum Gasteiger partial charge on any atom is 0.119 e. The van der Waals surface area contributed by atoms with Crippen molar-refractivity contribution in [2.24, 2.45) is 0 Å². The van der Waals surface area contributed by atoms with Gasteiger partial charge in [0.05, 0.1) is 18.4 Å². The summed E-state index contributed by atoms with van der Waals surface area (Å²) in [5.74, 6) is 0.